The van der Waals surface area contributed by atoms with E-state index in [2.05, 4.69) is 0 Å². The van der Waals surface area contributed by atoms with Crippen molar-refractivity contribution < 1.29 is 9.53 Å². The molecule has 0 fully saturated rings. The number of para-hydroxylation sites is 1. The molecule has 15 heavy (non-hydrogen) atoms. The van der Waals surface area contributed by atoms with Gasteiger partial charge in [0, 0.05) is 6.54 Å². The van der Waals surface area contributed by atoms with Crippen LogP contribution in [0.2, 0.25) is 0 Å². The van der Waals surface area contributed by atoms with E-state index in [4.69, 9.17) is 4.74 Å². The molecule has 1 aromatic rings. The summed E-state index contributed by atoms with van der Waals surface area (Å²) < 4.78 is 5.80. The Morgan fingerprint density at radius 2 is 2.00 bits per heavy atom. The maximum absolute atomic E-state index is 12.1. The average molecular weight is 205 g/mol. The summed E-state index contributed by atoms with van der Waals surface area (Å²) in [6.45, 7) is 6.42. The third kappa shape index (κ3) is 1.48. The summed E-state index contributed by atoms with van der Waals surface area (Å²) >= 11 is 0. The lowest BCUT2D eigenvalue weighted by atomic mass is 10.1. The summed E-state index contributed by atoms with van der Waals surface area (Å²) in [5, 5.41) is 0. The van der Waals surface area contributed by atoms with Crippen LogP contribution in [0.3, 0.4) is 0 Å². The van der Waals surface area contributed by atoms with Crippen LogP contribution >= 0.6 is 0 Å². The van der Waals surface area contributed by atoms with Gasteiger partial charge < -0.3 is 9.64 Å². The van der Waals surface area contributed by atoms with Gasteiger partial charge in [0.1, 0.15) is 5.75 Å². The molecule has 1 amide bonds. The highest BCUT2D eigenvalue weighted by Crippen LogP contribution is 2.32. The zero-order valence-corrected chi connectivity index (χ0v) is 9.28. The first kappa shape index (κ1) is 10.0. The molecular formula is C12H15NO2. The molecule has 0 saturated carbocycles. The van der Waals surface area contributed by atoms with E-state index >= 15 is 0 Å². The van der Waals surface area contributed by atoms with Crippen molar-refractivity contribution in [2.75, 3.05) is 6.54 Å². The Kier molecular flexibility index (Phi) is 2.18. The van der Waals surface area contributed by atoms with Gasteiger partial charge >= 0.3 is 0 Å². The Bertz CT molecular complexity index is 398. The predicted octanol–water partition coefficient (Wildman–Crippen LogP) is 2.28. The lowest BCUT2D eigenvalue weighted by molar-refractivity contribution is -0.0468. The number of fused-ring (bicyclic) bond motifs is 1. The molecule has 0 radical (unpaired) electrons. The lowest BCUT2D eigenvalue weighted by Crippen LogP contribution is -2.54. The third-order valence-corrected chi connectivity index (χ3v) is 2.69. The number of benzene rings is 1. The van der Waals surface area contributed by atoms with Crippen LogP contribution < -0.4 is 4.74 Å². The van der Waals surface area contributed by atoms with Gasteiger partial charge in [-0.1, -0.05) is 12.1 Å². The van der Waals surface area contributed by atoms with E-state index in [0.29, 0.717) is 17.9 Å². The highest BCUT2D eigenvalue weighted by atomic mass is 16.5. The van der Waals surface area contributed by atoms with E-state index in [0.717, 1.165) is 0 Å². The quantitative estimate of drug-likeness (QED) is 0.704. The van der Waals surface area contributed by atoms with Crippen molar-refractivity contribution in [3.63, 3.8) is 0 Å². The smallest absolute Gasteiger partial charge is 0.260 e. The average Bonchev–Trinajstić information content (AvgIpc) is 2.17. The summed E-state index contributed by atoms with van der Waals surface area (Å²) in [7, 11) is 0. The first-order valence-corrected chi connectivity index (χ1v) is 5.16. The van der Waals surface area contributed by atoms with Crippen molar-refractivity contribution in [3.8, 4) is 5.75 Å². The van der Waals surface area contributed by atoms with Crippen molar-refractivity contribution in [2.24, 2.45) is 0 Å². The number of amides is 1. The monoisotopic (exact) mass is 205 g/mol. The van der Waals surface area contributed by atoms with Crippen LogP contribution in [0.25, 0.3) is 0 Å². The molecule has 0 bridgehead atoms. The van der Waals surface area contributed by atoms with Crippen LogP contribution in [0, 0.1) is 0 Å². The van der Waals surface area contributed by atoms with Crippen molar-refractivity contribution >= 4 is 5.91 Å². The van der Waals surface area contributed by atoms with Gasteiger partial charge in [-0.15, -0.1) is 0 Å². The molecule has 0 aliphatic carbocycles. The minimum absolute atomic E-state index is 0.0457. The second kappa shape index (κ2) is 3.26. The number of ether oxygens (including phenoxy) is 1. The van der Waals surface area contributed by atoms with E-state index in [1.807, 2.05) is 39.0 Å². The normalized spacial score (nSPS) is 18.3. The summed E-state index contributed by atoms with van der Waals surface area (Å²) in [4.78, 5) is 13.8. The Balaban J connectivity index is 2.50. The van der Waals surface area contributed by atoms with Crippen LogP contribution in [-0.4, -0.2) is 23.1 Å². The zero-order valence-electron chi connectivity index (χ0n) is 9.28. The summed E-state index contributed by atoms with van der Waals surface area (Å²) in [5.41, 5.74) is 0.0962. The predicted molar refractivity (Wildman–Crippen MR) is 57.9 cm³/mol. The van der Waals surface area contributed by atoms with Gasteiger partial charge in [-0.2, -0.15) is 0 Å². The van der Waals surface area contributed by atoms with E-state index in [1.54, 1.807) is 11.0 Å². The summed E-state index contributed by atoms with van der Waals surface area (Å²) in [6, 6.07) is 7.37. The SMILES string of the molecule is CCN1C(=O)c2ccccc2OC1(C)C. The number of carbonyl (C=O) groups is 1. The number of carbonyl (C=O) groups excluding carboxylic acids is 1. The van der Waals surface area contributed by atoms with Crippen LogP contribution in [0.1, 0.15) is 31.1 Å². The van der Waals surface area contributed by atoms with Crippen LogP contribution in [0.4, 0.5) is 0 Å². The molecule has 3 heteroatoms. The number of hydrogen-bond acceptors (Lipinski definition) is 2. The van der Waals surface area contributed by atoms with Gasteiger partial charge in [-0.3, -0.25) is 4.79 Å². The Hall–Kier alpha value is -1.51. The number of hydrogen-bond donors (Lipinski definition) is 0. The first-order valence-electron chi connectivity index (χ1n) is 5.16. The summed E-state index contributed by atoms with van der Waals surface area (Å²) in [6.07, 6.45) is 0. The molecule has 0 spiro atoms. The molecule has 0 unspecified atom stereocenters. The molecule has 0 atom stereocenters. The van der Waals surface area contributed by atoms with Gasteiger partial charge in [-0.05, 0) is 32.9 Å². The van der Waals surface area contributed by atoms with E-state index < -0.39 is 5.72 Å². The largest absolute Gasteiger partial charge is 0.468 e. The topological polar surface area (TPSA) is 29.5 Å². The van der Waals surface area contributed by atoms with E-state index in [1.165, 1.54) is 0 Å². The highest BCUT2D eigenvalue weighted by molar-refractivity contribution is 5.98. The van der Waals surface area contributed by atoms with Crippen molar-refractivity contribution in [2.45, 2.75) is 26.5 Å². The van der Waals surface area contributed by atoms with Crippen LogP contribution in [0.5, 0.6) is 5.75 Å². The Labute approximate surface area is 89.7 Å². The van der Waals surface area contributed by atoms with Gasteiger partial charge in [0.25, 0.3) is 5.91 Å². The molecule has 1 aromatic carbocycles. The molecule has 0 aromatic heterocycles. The molecule has 0 N–H and O–H groups in total. The van der Waals surface area contributed by atoms with E-state index in [-0.39, 0.29) is 5.91 Å². The highest BCUT2D eigenvalue weighted by Gasteiger charge is 2.38. The second-order valence-electron chi connectivity index (χ2n) is 4.09. The van der Waals surface area contributed by atoms with Crippen molar-refractivity contribution in [1.29, 1.82) is 0 Å². The molecule has 1 heterocycles. The number of nitrogens with zero attached hydrogens (tertiary/aromatic N) is 1. The van der Waals surface area contributed by atoms with Crippen LogP contribution in [-0.2, 0) is 0 Å². The second-order valence-corrected chi connectivity index (χ2v) is 4.09. The molecule has 80 valence electrons. The number of rotatable bonds is 1. The maximum Gasteiger partial charge on any atom is 0.260 e. The van der Waals surface area contributed by atoms with E-state index in [9.17, 15) is 4.79 Å². The zero-order chi connectivity index (χ0) is 11.1. The van der Waals surface area contributed by atoms with Crippen molar-refractivity contribution in [3.05, 3.63) is 29.8 Å². The molecule has 3 nitrogen and oxygen atoms in total. The minimum Gasteiger partial charge on any atom is -0.468 e. The third-order valence-electron chi connectivity index (χ3n) is 2.69. The Morgan fingerprint density at radius 1 is 1.33 bits per heavy atom. The van der Waals surface area contributed by atoms with Gasteiger partial charge in [-0.25, -0.2) is 0 Å². The van der Waals surface area contributed by atoms with Gasteiger partial charge in [0.15, 0.2) is 5.72 Å². The molecule has 1 aliphatic heterocycles. The fourth-order valence-electron chi connectivity index (χ4n) is 1.97. The molecular weight excluding hydrogens is 190 g/mol. The Morgan fingerprint density at radius 3 is 2.67 bits per heavy atom. The molecule has 1 aliphatic rings. The lowest BCUT2D eigenvalue weighted by Gasteiger charge is -2.42. The molecule has 0 saturated heterocycles. The van der Waals surface area contributed by atoms with Gasteiger partial charge in [0.05, 0.1) is 5.56 Å². The standard InChI is InChI=1S/C12H15NO2/c1-4-13-11(14)9-7-5-6-8-10(9)15-12(13,2)3/h5-8H,4H2,1-3H3. The maximum atomic E-state index is 12.1. The van der Waals surface area contributed by atoms with Crippen molar-refractivity contribution in [1.82, 2.24) is 4.90 Å². The van der Waals surface area contributed by atoms with Gasteiger partial charge in [0.2, 0.25) is 0 Å². The first-order chi connectivity index (χ1) is 7.06. The minimum atomic E-state index is -0.555. The summed E-state index contributed by atoms with van der Waals surface area (Å²) in [5.74, 6) is 0.724. The fraction of sp³-hybridized carbons (Fsp3) is 0.417. The molecule has 2 rings (SSSR count). The van der Waals surface area contributed by atoms with Crippen LogP contribution in [0.15, 0.2) is 24.3 Å². The fourth-order valence-corrected chi connectivity index (χ4v) is 1.97.